The Hall–Kier alpha value is -0.120. The standard InChI is InChI=1S/C25H32Br2.C6H13Br/c1-3-5-7-9-15-25(16-10-8-6-4-2)23-17-19(26)11-13-21(23)22-14-12-20(27)18-24(22)25;1-2-3-4-5-6-7/h11-14,17-18H,3-10,15-16H2,1-2H3;2-6H2,1H3. The van der Waals surface area contributed by atoms with Crippen LogP contribution < -0.4 is 0 Å². The monoisotopic (exact) mass is 654 g/mol. The Morgan fingerprint density at radius 2 is 0.971 bits per heavy atom. The van der Waals surface area contributed by atoms with Gasteiger partial charge in [0.1, 0.15) is 0 Å². The van der Waals surface area contributed by atoms with E-state index in [0.29, 0.717) is 0 Å². The van der Waals surface area contributed by atoms with Crippen LogP contribution in [-0.4, -0.2) is 5.33 Å². The van der Waals surface area contributed by atoms with Crippen molar-refractivity contribution < 1.29 is 0 Å². The fourth-order valence-electron chi connectivity index (χ4n) is 5.33. The number of benzene rings is 2. The van der Waals surface area contributed by atoms with Crippen LogP contribution >= 0.6 is 47.8 Å². The van der Waals surface area contributed by atoms with Gasteiger partial charge >= 0.3 is 0 Å². The lowest BCUT2D eigenvalue weighted by atomic mass is 9.70. The molecule has 190 valence electrons. The molecule has 0 aliphatic heterocycles. The van der Waals surface area contributed by atoms with Gasteiger partial charge in [-0.15, -0.1) is 0 Å². The topological polar surface area (TPSA) is 0 Å². The van der Waals surface area contributed by atoms with E-state index in [2.05, 4.69) is 105 Å². The summed E-state index contributed by atoms with van der Waals surface area (Å²) in [6.07, 6.45) is 18.6. The molecular weight excluding hydrogens is 612 g/mol. The Bertz CT molecular complexity index is 773. The van der Waals surface area contributed by atoms with Gasteiger partial charge in [-0.1, -0.05) is 151 Å². The number of alkyl halides is 1. The molecule has 0 amide bonds. The smallest absolute Gasteiger partial charge is 0.0216 e. The molecule has 3 heteroatoms. The van der Waals surface area contributed by atoms with Crippen molar-refractivity contribution in [3.05, 3.63) is 56.5 Å². The molecule has 0 bridgehead atoms. The summed E-state index contributed by atoms with van der Waals surface area (Å²) in [5.41, 5.74) is 6.19. The van der Waals surface area contributed by atoms with Gasteiger partial charge in [0.15, 0.2) is 0 Å². The summed E-state index contributed by atoms with van der Waals surface area (Å²) in [7, 11) is 0. The average Bonchev–Trinajstić information content (AvgIpc) is 3.09. The van der Waals surface area contributed by atoms with Gasteiger partial charge in [0.25, 0.3) is 0 Å². The Morgan fingerprint density at radius 1 is 0.559 bits per heavy atom. The molecular formula is C31H45Br3. The molecule has 0 saturated heterocycles. The van der Waals surface area contributed by atoms with Crippen LogP contribution in [-0.2, 0) is 5.41 Å². The molecule has 0 heterocycles. The zero-order valence-electron chi connectivity index (χ0n) is 21.7. The number of halogens is 3. The third kappa shape index (κ3) is 8.48. The highest BCUT2D eigenvalue weighted by Crippen LogP contribution is 2.55. The fourth-order valence-corrected chi connectivity index (χ4v) is 6.45. The van der Waals surface area contributed by atoms with E-state index >= 15 is 0 Å². The van der Waals surface area contributed by atoms with Gasteiger partial charge < -0.3 is 0 Å². The van der Waals surface area contributed by atoms with E-state index in [9.17, 15) is 0 Å². The van der Waals surface area contributed by atoms with E-state index in [1.54, 1.807) is 11.1 Å². The second-order valence-corrected chi connectivity index (χ2v) is 12.5. The maximum atomic E-state index is 3.75. The lowest BCUT2D eigenvalue weighted by molar-refractivity contribution is 0.400. The second kappa shape index (κ2) is 16.6. The molecule has 0 nitrogen and oxygen atoms in total. The second-order valence-electron chi connectivity index (χ2n) is 9.83. The predicted octanol–water partition coefficient (Wildman–Crippen LogP) is 12.4. The highest BCUT2D eigenvalue weighted by atomic mass is 79.9. The minimum atomic E-state index is 0.180. The van der Waals surface area contributed by atoms with Gasteiger partial charge in [-0.25, -0.2) is 0 Å². The lowest BCUT2D eigenvalue weighted by Crippen LogP contribution is -2.25. The van der Waals surface area contributed by atoms with E-state index in [1.165, 1.54) is 115 Å². The Kier molecular flexibility index (Phi) is 14.7. The highest BCUT2D eigenvalue weighted by Gasteiger charge is 2.42. The van der Waals surface area contributed by atoms with Crippen molar-refractivity contribution in [3.8, 4) is 11.1 Å². The predicted molar refractivity (Wildman–Crippen MR) is 164 cm³/mol. The first-order valence-corrected chi connectivity index (χ1v) is 16.4. The molecule has 0 radical (unpaired) electrons. The third-order valence-corrected chi connectivity index (χ3v) is 8.73. The molecule has 0 N–H and O–H groups in total. The molecule has 0 atom stereocenters. The molecule has 0 unspecified atom stereocenters. The van der Waals surface area contributed by atoms with Crippen molar-refractivity contribution in [2.75, 3.05) is 5.33 Å². The molecule has 0 aromatic heterocycles. The summed E-state index contributed by atoms with van der Waals surface area (Å²) in [5, 5.41) is 1.17. The van der Waals surface area contributed by atoms with E-state index < -0.39 is 0 Å². The van der Waals surface area contributed by atoms with Gasteiger partial charge in [0.2, 0.25) is 0 Å². The van der Waals surface area contributed by atoms with Gasteiger partial charge in [0, 0.05) is 19.7 Å². The summed E-state index contributed by atoms with van der Waals surface area (Å²) in [4.78, 5) is 0. The number of hydrogen-bond donors (Lipinski definition) is 0. The molecule has 1 aliphatic rings. The van der Waals surface area contributed by atoms with Gasteiger partial charge in [0.05, 0.1) is 0 Å². The molecule has 1 aliphatic carbocycles. The Labute approximate surface area is 235 Å². The van der Waals surface area contributed by atoms with Gasteiger partial charge in [-0.05, 0) is 65.8 Å². The van der Waals surface area contributed by atoms with Crippen LogP contribution in [0.4, 0.5) is 0 Å². The molecule has 2 aromatic rings. The van der Waals surface area contributed by atoms with Crippen molar-refractivity contribution in [3.63, 3.8) is 0 Å². The first kappa shape index (κ1) is 30.1. The number of fused-ring (bicyclic) bond motifs is 3. The van der Waals surface area contributed by atoms with Crippen molar-refractivity contribution in [1.82, 2.24) is 0 Å². The molecule has 0 saturated carbocycles. The number of hydrogen-bond acceptors (Lipinski definition) is 0. The van der Waals surface area contributed by atoms with Gasteiger partial charge in [-0.2, -0.15) is 0 Å². The summed E-state index contributed by atoms with van der Waals surface area (Å²) in [6.45, 7) is 6.83. The Morgan fingerprint density at radius 3 is 1.35 bits per heavy atom. The first-order valence-electron chi connectivity index (χ1n) is 13.7. The van der Waals surface area contributed by atoms with Crippen LogP contribution in [0.1, 0.15) is 122 Å². The van der Waals surface area contributed by atoms with Crippen LogP contribution in [0.25, 0.3) is 11.1 Å². The minimum Gasteiger partial charge on any atom is -0.0928 e. The van der Waals surface area contributed by atoms with Gasteiger partial charge in [-0.3, -0.25) is 0 Å². The lowest BCUT2D eigenvalue weighted by Gasteiger charge is -2.33. The zero-order chi connectivity index (χ0) is 24.8. The van der Waals surface area contributed by atoms with Crippen LogP contribution in [0.15, 0.2) is 45.3 Å². The van der Waals surface area contributed by atoms with Crippen molar-refractivity contribution >= 4 is 47.8 Å². The van der Waals surface area contributed by atoms with Crippen molar-refractivity contribution in [2.24, 2.45) is 0 Å². The van der Waals surface area contributed by atoms with Crippen LogP contribution in [0.3, 0.4) is 0 Å². The molecule has 34 heavy (non-hydrogen) atoms. The maximum absolute atomic E-state index is 3.75. The largest absolute Gasteiger partial charge is 0.0928 e. The zero-order valence-corrected chi connectivity index (χ0v) is 26.5. The third-order valence-electron chi connectivity index (χ3n) is 7.19. The number of rotatable bonds is 14. The summed E-state index contributed by atoms with van der Waals surface area (Å²) in [5.74, 6) is 0. The summed E-state index contributed by atoms with van der Waals surface area (Å²) < 4.78 is 2.42. The van der Waals surface area contributed by atoms with Crippen LogP contribution in [0, 0.1) is 0 Å². The fraction of sp³-hybridized carbons (Fsp3) is 0.613. The Balaban J connectivity index is 0.000000509. The quantitative estimate of drug-likeness (QED) is 0.140. The van der Waals surface area contributed by atoms with E-state index in [-0.39, 0.29) is 5.41 Å². The van der Waals surface area contributed by atoms with Crippen LogP contribution in [0.5, 0.6) is 0 Å². The van der Waals surface area contributed by atoms with Crippen molar-refractivity contribution in [2.45, 2.75) is 116 Å². The number of unbranched alkanes of at least 4 members (excludes halogenated alkanes) is 9. The highest BCUT2D eigenvalue weighted by molar-refractivity contribution is 9.10. The van der Waals surface area contributed by atoms with E-state index in [4.69, 9.17) is 0 Å². The SMILES string of the molecule is CCCCCCBr.CCCCCCC1(CCCCCC)c2cc(Br)ccc2-c2ccc(Br)cc21. The molecule has 3 rings (SSSR count). The van der Waals surface area contributed by atoms with Crippen LogP contribution in [0.2, 0.25) is 0 Å². The normalized spacial score (nSPS) is 13.2. The molecule has 2 aromatic carbocycles. The molecule has 0 spiro atoms. The van der Waals surface area contributed by atoms with Crippen molar-refractivity contribution in [1.29, 1.82) is 0 Å². The van der Waals surface area contributed by atoms with E-state index in [0.717, 1.165) is 0 Å². The van der Waals surface area contributed by atoms with E-state index in [1.807, 2.05) is 0 Å². The average molecular weight is 657 g/mol. The molecule has 0 fully saturated rings. The first-order chi connectivity index (χ1) is 16.5. The maximum Gasteiger partial charge on any atom is 0.0216 e. The summed E-state index contributed by atoms with van der Waals surface area (Å²) >= 11 is 10.9. The minimum absolute atomic E-state index is 0.180. The summed E-state index contributed by atoms with van der Waals surface area (Å²) in [6, 6.07) is 13.9.